The number of rotatable bonds is 7. The van der Waals surface area contributed by atoms with E-state index in [1.807, 2.05) is 30.3 Å². The van der Waals surface area contributed by atoms with Crippen LogP contribution in [0.1, 0.15) is 24.5 Å². The second-order valence-corrected chi connectivity index (χ2v) is 6.63. The smallest absolute Gasteiger partial charge is 0.208 e. The molecule has 3 rings (SSSR count). The van der Waals surface area contributed by atoms with Crippen molar-refractivity contribution in [3.05, 3.63) is 65.5 Å². The number of carbonyl (C=O) groups is 1. The van der Waals surface area contributed by atoms with E-state index in [1.165, 1.54) is 17.7 Å². The van der Waals surface area contributed by atoms with E-state index in [9.17, 15) is 9.18 Å². The van der Waals surface area contributed by atoms with Crippen LogP contribution in [0.2, 0.25) is 0 Å². The molecule has 1 saturated heterocycles. The molecule has 2 atom stereocenters. The van der Waals surface area contributed by atoms with Crippen LogP contribution in [0.25, 0.3) is 0 Å². The molecule has 0 spiro atoms. The van der Waals surface area contributed by atoms with Gasteiger partial charge in [0, 0.05) is 13.1 Å². The van der Waals surface area contributed by atoms with Crippen LogP contribution < -0.4 is 10.1 Å². The zero-order valence-corrected chi connectivity index (χ0v) is 14.3. The quantitative estimate of drug-likeness (QED) is 0.785. The van der Waals surface area contributed by atoms with Crippen molar-refractivity contribution in [1.82, 2.24) is 10.2 Å². The number of ether oxygens (including phenoxy) is 1. The molecule has 1 fully saturated rings. The van der Waals surface area contributed by atoms with Crippen LogP contribution in [0.5, 0.6) is 5.75 Å². The fraction of sp³-hybridized carbons (Fsp3) is 0.350. The molecule has 1 heterocycles. The minimum Gasteiger partial charge on any atom is -0.489 e. The zero-order chi connectivity index (χ0) is 17.6. The second-order valence-electron chi connectivity index (χ2n) is 6.63. The lowest BCUT2D eigenvalue weighted by molar-refractivity contribution is -0.111. The van der Waals surface area contributed by atoms with Crippen molar-refractivity contribution < 1.29 is 13.9 Å². The maximum atomic E-state index is 13.2. The van der Waals surface area contributed by atoms with Crippen molar-refractivity contribution in [1.29, 1.82) is 0 Å². The molecule has 0 aliphatic carbocycles. The van der Waals surface area contributed by atoms with Crippen molar-refractivity contribution in [3.8, 4) is 5.75 Å². The average Bonchev–Trinajstić information content (AvgIpc) is 2.94. The summed E-state index contributed by atoms with van der Waals surface area (Å²) >= 11 is 0. The molecule has 0 aromatic heterocycles. The SMILES string of the molecule is C[C@H]1C[C@@H](NC=O)N(Cc2ccc(OCc3cccc(F)c3)cc2)C1. The molecule has 4 nitrogen and oxygen atoms in total. The van der Waals surface area contributed by atoms with Crippen LogP contribution >= 0.6 is 0 Å². The molecule has 0 radical (unpaired) electrons. The number of nitrogens with one attached hydrogen (secondary N) is 1. The molecule has 132 valence electrons. The Hall–Kier alpha value is -2.40. The topological polar surface area (TPSA) is 41.6 Å². The molecule has 0 unspecified atom stereocenters. The standard InChI is InChI=1S/C20H23FN2O2/c1-15-9-20(22-14-24)23(11-15)12-16-5-7-19(8-6-16)25-13-17-3-2-4-18(21)10-17/h2-8,10,14-15,20H,9,11-13H2,1H3,(H,22,24)/t15-,20-/m0/s1. The summed E-state index contributed by atoms with van der Waals surface area (Å²) in [7, 11) is 0. The second kappa shape index (κ2) is 8.12. The van der Waals surface area contributed by atoms with Crippen molar-refractivity contribution in [2.75, 3.05) is 6.54 Å². The van der Waals surface area contributed by atoms with Gasteiger partial charge in [0.15, 0.2) is 0 Å². The Balaban J connectivity index is 1.56. The van der Waals surface area contributed by atoms with E-state index in [4.69, 9.17) is 4.74 Å². The molecule has 0 saturated carbocycles. The Labute approximate surface area is 147 Å². The molecule has 25 heavy (non-hydrogen) atoms. The van der Waals surface area contributed by atoms with Gasteiger partial charge in [0.05, 0.1) is 6.17 Å². The Morgan fingerprint density at radius 3 is 2.76 bits per heavy atom. The number of hydrogen-bond acceptors (Lipinski definition) is 3. The van der Waals surface area contributed by atoms with Crippen molar-refractivity contribution in [2.45, 2.75) is 32.7 Å². The van der Waals surface area contributed by atoms with Gasteiger partial charge in [-0.15, -0.1) is 0 Å². The van der Waals surface area contributed by atoms with E-state index >= 15 is 0 Å². The minimum absolute atomic E-state index is 0.108. The van der Waals surface area contributed by atoms with Crippen LogP contribution in [-0.4, -0.2) is 24.0 Å². The Morgan fingerprint density at radius 2 is 2.04 bits per heavy atom. The highest BCUT2D eigenvalue weighted by molar-refractivity contribution is 5.46. The molecule has 1 N–H and O–H groups in total. The van der Waals surface area contributed by atoms with Gasteiger partial charge in [-0.2, -0.15) is 0 Å². The van der Waals surface area contributed by atoms with Gasteiger partial charge >= 0.3 is 0 Å². The molecule has 2 aromatic carbocycles. The summed E-state index contributed by atoms with van der Waals surface area (Å²) in [6.07, 6.45) is 1.86. The van der Waals surface area contributed by atoms with E-state index in [-0.39, 0.29) is 12.0 Å². The fourth-order valence-electron chi connectivity index (χ4n) is 3.28. The third kappa shape index (κ3) is 4.79. The van der Waals surface area contributed by atoms with Gasteiger partial charge in [-0.25, -0.2) is 4.39 Å². The summed E-state index contributed by atoms with van der Waals surface area (Å²) in [5, 5.41) is 2.89. The lowest BCUT2D eigenvalue weighted by Crippen LogP contribution is -2.39. The molecule has 2 aromatic rings. The van der Waals surface area contributed by atoms with Gasteiger partial charge in [-0.3, -0.25) is 9.69 Å². The molecule has 5 heteroatoms. The third-order valence-corrected chi connectivity index (χ3v) is 4.48. The first-order valence-electron chi connectivity index (χ1n) is 8.54. The molecule has 1 amide bonds. The summed E-state index contributed by atoms with van der Waals surface area (Å²) < 4.78 is 18.9. The van der Waals surface area contributed by atoms with Gasteiger partial charge < -0.3 is 10.1 Å². The van der Waals surface area contributed by atoms with Gasteiger partial charge in [0.2, 0.25) is 6.41 Å². The lowest BCUT2D eigenvalue weighted by atomic mass is 10.1. The maximum absolute atomic E-state index is 13.2. The van der Waals surface area contributed by atoms with Crippen LogP contribution in [0.3, 0.4) is 0 Å². The van der Waals surface area contributed by atoms with Crippen molar-refractivity contribution >= 4 is 6.41 Å². The molecule has 1 aliphatic rings. The van der Waals surface area contributed by atoms with E-state index in [0.717, 1.165) is 37.2 Å². The first kappa shape index (κ1) is 17.4. The van der Waals surface area contributed by atoms with Crippen LogP contribution in [0.15, 0.2) is 48.5 Å². The normalized spacial score (nSPS) is 20.4. The van der Waals surface area contributed by atoms with Crippen molar-refractivity contribution in [2.24, 2.45) is 5.92 Å². The number of amides is 1. The Bertz CT molecular complexity index is 705. The predicted octanol–water partition coefficient (Wildman–Crippen LogP) is 3.32. The van der Waals surface area contributed by atoms with E-state index in [0.29, 0.717) is 12.5 Å². The number of halogens is 1. The number of hydrogen-bond donors (Lipinski definition) is 1. The summed E-state index contributed by atoms with van der Waals surface area (Å²) in [6.45, 7) is 4.30. The van der Waals surface area contributed by atoms with E-state index < -0.39 is 0 Å². The van der Waals surface area contributed by atoms with Crippen LogP contribution in [-0.2, 0) is 17.9 Å². The largest absolute Gasteiger partial charge is 0.489 e. The number of benzene rings is 2. The Morgan fingerprint density at radius 1 is 1.24 bits per heavy atom. The summed E-state index contributed by atoms with van der Waals surface area (Å²) in [5.74, 6) is 1.08. The zero-order valence-electron chi connectivity index (χ0n) is 14.3. The van der Waals surface area contributed by atoms with Gasteiger partial charge in [-0.1, -0.05) is 31.2 Å². The third-order valence-electron chi connectivity index (χ3n) is 4.48. The minimum atomic E-state index is -0.255. The number of nitrogens with zero attached hydrogens (tertiary/aromatic N) is 1. The predicted molar refractivity (Wildman–Crippen MR) is 94.4 cm³/mol. The fourth-order valence-corrected chi connectivity index (χ4v) is 3.28. The van der Waals surface area contributed by atoms with Gasteiger partial charge in [0.1, 0.15) is 18.2 Å². The molecule has 0 bridgehead atoms. The monoisotopic (exact) mass is 342 g/mol. The molecular formula is C20H23FN2O2. The molecular weight excluding hydrogens is 319 g/mol. The lowest BCUT2D eigenvalue weighted by Gasteiger charge is -2.23. The maximum Gasteiger partial charge on any atom is 0.208 e. The summed E-state index contributed by atoms with van der Waals surface area (Å²) in [6, 6.07) is 14.3. The van der Waals surface area contributed by atoms with E-state index in [1.54, 1.807) is 6.07 Å². The average molecular weight is 342 g/mol. The van der Waals surface area contributed by atoms with Crippen molar-refractivity contribution in [3.63, 3.8) is 0 Å². The summed E-state index contributed by atoms with van der Waals surface area (Å²) in [5.41, 5.74) is 1.97. The van der Waals surface area contributed by atoms with Crippen LogP contribution in [0.4, 0.5) is 4.39 Å². The first-order chi connectivity index (χ1) is 12.1. The highest BCUT2D eigenvalue weighted by Crippen LogP contribution is 2.24. The summed E-state index contributed by atoms with van der Waals surface area (Å²) in [4.78, 5) is 13.0. The van der Waals surface area contributed by atoms with Gasteiger partial charge in [0.25, 0.3) is 0 Å². The van der Waals surface area contributed by atoms with E-state index in [2.05, 4.69) is 17.1 Å². The highest BCUT2D eigenvalue weighted by atomic mass is 19.1. The number of carbonyl (C=O) groups excluding carboxylic acids is 1. The van der Waals surface area contributed by atoms with Gasteiger partial charge in [-0.05, 0) is 47.7 Å². The number of likely N-dealkylation sites (tertiary alicyclic amines) is 1. The Kier molecular flexibility index (Phi) is 5.66. The molecule has 1 aliphatic heterocycles. The highest BCUT2D eigenvalue weighted by Gasteiger charge is 2.28. The first-order valence-corrected chi connectivity index (χ1v) is 8.54. The van der Waals surface area contributed by atoms with Crippen LogP contribution in [0, 0.1) is 11.7 Å².